The number of fused-ring (bicyclic) bond motifs is 1. The Balaban J connectivity index is 1.61. The van der Waals surface area contributed by atoms with Crippen LogP contribution in [0.1, 0.15) is 22.3 Å². The fourth-order valence-electron chi connectivity index (χ4n) is 3.72. The minimum Gasteiger partial charge on any atom is -0.497 e. The molecule has 9 heteroatoms. The topological polar surface area (TPSA) is 97.8 Å². The number of aryl methyl sites for hydroxylation is 1. The minimum atomic E-state index is -3.90. The van der Waals surface area contributed by atoms with Crippen LogP contribution in [0.15, 0.2) is 65.8 Å². The van der Waals surface area contributed by atoms with E-state index < -0.39 is 10.0 Å². The number of anilines is 2. The monoisotopic (exact) mass is 453 g/mol. The highest BCUT2D eigenvalue weighted by molar-refractivity contribution is 7.92. The van der Waals surface area contributed by atoms with Gasteiger partial charge in [0.2, 0.25) is 0 Å². The highest BCUT2D eigenvalue weighted by Gasteiger charge is 2.25. The van der Waals surface area contributed by atoms with Crippen LogP contribution in [0.5, 0.6) is 11.5 Å². The number of rotatable bonds is 6. The molecule has 0 saturated carbocycles. The quantitative estimate of drug-likeness (QED) is 0.614. The maximum atomic E-state index is 13.0. The van der Waals surface area contributed by atoms with Crippen LogP contribution < -0.4 is 19.1 Å². The first-order chi connectivity index (χ1) is 15.4. The van der Waals surface area contributed by atoms with Crippen molar-refractivity contribution in [1.82, 2.24) is 4.98 Å². The summed E-state index contributed by atoms with van der Waals surface area (Å²) < 4.78 is 39.0. The van der Waals surface area contributed by atoms with Crippen LogP contribution in [0.4, 0.5) is 11.4 Å². The predicted molar refractivity (Wildman–Crippen MR) is 121 cm³/mol. The summed E-state index contributed by atoms with van der Waals surface area (Å²) in [7, 11) is -1.000. The molecule has 0 unspecified atom stereocenters. The van der Waals surface area contributed by atoms with Crippen molar-refractivity contribution in [2.75, 3.05) is 30.4 Å². The van der Waals surface area contributed by atoms with Gasteiger partial charge in [-0.1, -0.05) is 0 Å². The zero-order chi connectivity index (χ0) is 22.7. The van der Waals surface area contributed by atoms with Crippen LogP contribution in [0.2, 0.25) is 0 Å². The zero-order valence-electron chi connectivity index (χ0n) is 17.7. The molecular formula is C23H23N3O5S. The van der Waals surface area contributed by atoms with Crippen molar-refractivity contribution in [3.8, 4) is 11.5 Å². The molecule has 0 radical (unpaired) electrons. The maximum absolute atomic E-state index is 13.0. The molecule has 4 rings (SSSR count). The predicted octanol–water partition coefficient (Wildman–Crippen LogP) is 3.49. The van der Waals surface area contributed by atoms with E-state index >= 15 is 0 Å². The molecular weight excluding hydrogens is 430 g/mol. The molecule has 8 nitrogen and oxygen atoms in total. The molecule has 1 aliphatic heterocycles. The first-order valence-electron chi connectivity index (χ1n) is 10.0. The summed E-state index contributed by atoms with van der Waals surface area (Å²) in [5, 5.41) is 0. The molecule has 1 aliphatic rings. The molecule has 32 heavy (non-hydrogen) atoms. The number of sulfonamides is 1. The van der Waals surface area contributed by atoms with Crippen molar-refractivity contribution in [3.63, 3.8) is 0 Å². The Hall–Kier alpha value is -3.59. The highest BCUT2D eigenvalue weighted by atomic mass is 32.2. The average molecular weight is 454 g/mol. The normalized spacial score (nSPS) is 13.2. The van der Waals surface area contributed by atoms with Gasteiger partial charge in [-0.2, -0.15) is 0 Å². The third-order valence-corrected chi connectivity index (χ3v) is 6.69. The van der Waals surface area contributed by atoms with Crippen LogP contribution in [-0.2, 0) is 16.4 Å². The maximum Gasteiger partial charge on any atom is 0.265 e. The summed E-state index contributed by atoms with van der Waals surface area (Å²) in [6.45, 7) is 0.592. The van der Waals surface area contributed by atoms with Crippen molar-refractivity contribution in [1.29, 1.82) is 0 Å². The number of carbonyl (C=O) groups excluding carboxylic acids is 1. The van der Waals surface area contributed by atoms with E-state index in [1.165, 1.54) is 26.4 Å². The van der Waals surface area contributed by atoms with Crippen molar-refractivity contribution in [2.24, 2.45) is 0 Å². The Kier molecular flexibility index (Phi) is 6.00. The SMILES string of the molecule is COc1ccc(S(=O)(=O)Nc2ccc3c(c2)CCCN3C(=O)c2cccnc2)c(OC)c1. The van der Waals surface area contributed by atoms with E-state index in [4.69, 9.17) is 9.47 Å². The van der Waals surface area contributed by atoms with E-state index in [2.05, 4.69) is 9.71 Å². The van der Waals surface area contributed by atoms with Crippen molar-refractivity contribution >= 4 is 27.3 Å². The highest BCUT2D eigenvalue weighted by Crippen LogP contribution is 2.33. The van der Waals surface area contributed by atoms with Gasteiger partial charge in [-0.3, -0.25) is 14.5 Å². The number of hydrogen-bond acceptors (Lipinski definition) is 6. The molecule has 2 heterocycles. The van der Waals surface area contributed by atoms with Gasteiger partial charge in [0.05, 0.1) is 19.8 Å². The van der Waals surface area contributed by atoms with Gasteiger partial charge >= 0.3 is 0 Å². The first-order valence-corrected chi connectivity index (χ1v) is 11.5. The number of nitrogens with zero attached hydrogens (tertiary/aromatic N) is 2. The number of carbonyl (C=O) groups is 1. The molecule has 2 aromatic carbocycles. The Morgan fingerprint density at radius 2 is 1.94 bits per heavy atom. The lowest BCUT2D eigenvalue weighted by molar-refractivity contribution is 0.0984. The van der Waals surface area contributed by atoms with Crippen LogP contribution in [0, 0.1) is 0 Å². The lowest BCUT2D eigenvalue weighted by atomic mass is 10.0. The van der Waals surface area contributed by atoms with Gasteiger partial charge in [0.1, 0.15) is 16.4 Å². The number of methoxy groups -OCH3 is 2. The van der Waals surface area contributed by atoms with Crippen LogP contribution in [0.3, 0.4) is 0 Å². The third-order valence-electron chi connectivity index (χ3n) is 5.26. The van der Waals surface area contributed by atoms with Crippen LogP contribution >= 0.6 is 0 Å². The molecule has 1 amide bonds. The molecule has 1 aromatic heterocycles. The number of benzene rings is 2. The van der Waals surface area contributed by atoms with Gasteiger partial charge < -0.3 is 14.4 Å². The van der Waals surface area contributed by atoms with Crippen molar-refractivity contribution < 1.29 is 22.7 Å². The molecule has 0 atom stereocenters. The lowest BCUT2D eigenvalue weighted by Crippen LogP contribution is -2.35. The Labute approximate surface area is 186 Å². The van der Waals surface area contributed by atoms with E-state index in [1.54, 1.807) is 53.7 Å². The van der Waals surface area contributed by atoms with Gasteiger partial charge in [0.25, 0.3) is 15.9 Å². The van der Waals surface area contributed by atoms with E-state index in [-0.39, 0.29) is 16.6 Å². The Bertz CT molecular complexity index is 1250. The molecule has 0 saturated heterocycles. The Morgan fingerprint density at radius 3 is 2.66 bits per heavy atom. The summed E-state index contributed by atoms with van der Waals surface area (Å²) in [5.74, 6) is 0.548. The fraction of sp³-hybridized carbons (Fsp3) is 0.217. The molecule has 0 aliphatic carbocycles. The van der Waals surface area contributed by atoms with E-state index in [0.717, 1.165) is 24.1 Å². The zero-order valence-corrected chi connectivity index (χ0v) is 18.6. The van der Waals surface area contributed by atoms with Gasteiger partial charge in [-0.05, 0) is 60.9 Å². The summed E-state index contributed by atoms with van der Waals surface area (Å²) in [6.07, 6.45) is 4.69. The smallest absolute Gasteiger partial charge is 0.265 e. The van der Waals surface area contributed by atoms with E-state index in [0.29, 0.717) is 23.5 Å². The number of hydrogen-bond donors (Lipinski definition) is 1. The number of ether oxygens (including phenoxy) is 2. The number of nitrogens with one attached hydrogen (secondary N) is 1. The third kappa shape index (κ3) is 4.24. The van der Waals surface area contributed by atoms with Crippen LogP contribution in [0.25, 0.3) is 0 Å². The van der Waals surface area contributed by atoms with Gasteiger partial charge in [0.15, 0.2) is 0 Å². The first kappa shape index (κ1) is 21.6. The largest absolute Gasteiger partial charge is 0.497 e. The van der Waals surface area contributed by atoms with E-state index in [1.807, 2.05) is 0 Å². The second-order valence-corrected chi connectivity index (χ2v) is 8.92. The second kappa shape index (κ2) is 8.88. The van der Waals surface area contributed by atoms with Gasteiger partial charge in [-0.15, -0.1) is 0 Å². The molecule has 1 N–H and O–H groups in total. The summed E-state index contributed by atoms with van der Waals surface area (Å²) >= 11 is 0. The fourth-order valence-corrected chi connectivity index (χ4v) is 4.93. The number of amides is 1. The van der Waals surface area contributed by atoms with Crippen LogP contribution in [-0.4, -0.2) is 40.1 Å². The van der Waals surface area contributed by atoms with Gasteiger partial charge in [0, 0.05) is 36.4 Å². The standard InChI is InChI=1S/C23H23N3O5S/c1-30-19-8-10-22(21(14-19)31-2)32(28,29)25-18-7-9-20-16(13-18)6-4-12-26(20)23(27)17-5-3-11-24-15-17/h3,5,7-11,13-15,25H,4,6,12H2,1-2H3. The van der Waals surface area contributed by atoms with E-state index in [9.17, 15) is 13.2 Å². The Morgan fingerprint density at radius 1 is 1.09 bits per heavy atom. The summed E-state index contributed by atoms with van der Waals surface area (Å²) in [5.41, 5.74) is 2.60. The number of aromatic nitrogens is 1. The number of pyridine rings is 1. The molecule has 0 fully saturated rings. The lowest BCUT2D eigenvalue weighted by Gasteiger charge is -2.30. The van der Waals surface area contributed by atoms with Crippen molar-refractivity contribution in [2.45, 2.75) is 17.7 Å². The molecule has 0 bridgehead atoms. The summed E-state index contributed by atoms with van der Waals surface area (Å²) in [4.78, 5) is 18.7. The average Bonchev–Trinajstić information content (AvgIpc) is 2.82. The van der Waals surface area contributed by atoms with Gasteiger partial charge in [-0.25, -0.2) is 8.42 Å². The van der Waals surface area contributed by atoms with Crippen molar-refractivity contribution in [3.05, 3.63) is 72.1 Å². The molecule has 166 valence electrons. The second-order valence-electron chi connectivity index (χ2n) is 7.27. The molecule has 3 aromatic rings. The molecule has 0 spiro atoms. The minimum absolute atomic E-state index is 0.00639. The summed E-state index contributed by atoms with van der Waals surface area (Å²) in [6, 6.07) is 13.2.